The van der Waals surface area contributed by atoms with Gasteiger partial charge in [0.1, 0.15) is 11.5 Å². The maximum absolute atomic E-state index is 6.25. The maximum atomic E-state index is 6.25. The molecule has 0 unspecified atom stereocenters. The maximum Gasteiger partial charge on any atom is 0.138 e. The molecular formula is C38H28O+2. The summed E-state index contributed by atoms with van der Waals surface area (Å²) in [7, 11) is 0. The normalized spacial score (nSPS) is 10.6. The van der Waals surface area contributed by atoms with E-state index >= 15 is 0 Å². The third-order valence-corrected chi connectivity index (χ3v) is 6.77. The van der Waals surface area contributed by atoms with Crippen molar-refractivity contribution in [3.63, 3.8) is 0 Å². The van der Waals surface area contributed by atoms with Crippen molar-refractivity contribution in [3.05, 3.63) is 215 Å². The molecule has 0 fully saturated rings. The molecule has 6 aromatic carbocycles. The minimum atomic E-state index is 0.808. The lowest BCUT2D eigenvalue weighted by Crippen LogP contribution is -2.04. The van der Waals surface area contributed by atoms with Gasteiger partial charge in [-0.15, -0.1) is 0 Å². The molecule has 0 bridgehead atoms. The minimum Gasteiger partial charge on any atom is -0.455 e. The summed E-state index contributed by atoms with van der Waals surface area (Å²) in [4.78, 5) is 0. The summed E-state index contributed by atoms with van der Waals surface area (Å²) in [6.45, 7) is 0. The third kappa shape index (κ3) is 5.58. The lowest BCUT2D eigenvalue weighted by molar-refractivity contribution is 0.482. The molecule has 6 rings (SSSR count). The fourth-order valence-electron chi connectivity index (χ4n) is 4.93. The van der Waals surface area contributed by atoms with E-state index in [4.69, 9.17) is 4.74 Å². The van der Waals surface area contributed by atoms with Gasteiger partial charge in [-0.3, -0.25) is 0 Å². The SMILES string of the molecule is c1ccc([C+](c2ccccc2)c2ccc(Oc3ccc([C+](c4ccccc4)c4ccccc4)cc3)cc2)cc1. The quantitative estimate of drug-likeness (QED) is 0.149. The fourth-order valence-corrected chi connectivity index (χ4v) is 4.93. The largest absolute Gasteiger partial charge is 0.455 e. The lowest BCUT2D eigenvalue weighted by atomic mass is 9.85. The Bertz CT molecular complexity index is 1370. The van der Waals surface area contributed by atoms with E-state index in [0.717, 1.165) is 22.6 Å². The topological polar surface area (TPSA) is 9.23 Å². The Morgan fingerprint density at radius 2 is 0.487 bits per heavy atom. The van der Waals surface area contributed by atoms with Gasteiger partial charge >= 0.3 is 0 Å². The van der Waals surface area contributed by atoms with E-state index in [0.29, 0.717) is 0 Å². The monoisotopic (exact) mass is 500 g/mol. The van der Waals surface area contributed by atoms with Crippen molar-refractivity contribution < 1.29 is 4.74 Å². The molecule has 0 radical (unpaired) electrons. The van der Waals surface area contributed by atoms with Crippen molar-refractivity contribution in [1.29, 1.82) is 0 Å². The molecule has 0 N–H and O–H groups in total. The fraction of sp³-hybridized carbons (Fsp3) is 0. The highest BCUT2D eigenvalue weighted by Gasteiger charge is 2.23. The predicted molar refractivity (Wildman–Crippen MR) is 160 cm³/mol. The highest BCUT2D eigenvalue weighted by Crippen LogP contribution is 2.34. The summed E-state index contributed by atoms with van der Waals surface area (Å²) in [6, 6.07) is 58.8. The number of benzene rings is 6. The van der Waals surface area contributed by atoms with E-state index in [1.54, 1.807) is 0 Å². The highest BCUT2D eigenvalue weighted by molar-refractivity contribution is 5.59. The molecule has 0 aliphatic carbocycles. The molecule has 1 heteroatoms. The van der Waals surface area contributed by atoms with Crippen LogP contribution in [0.15, 0.2) is 170 Å². The smallest absolute Gasteiger partial charge is 0.138 e. The average Bonchev–Trinajstić information content (AvgIpc) is 3.01. The molecule has 39 heavy (non-hydrogen) atoms. The van der Waals surface area contributed by atoms with Gasteiger partial charge in [0.2, 0.25) is 0 Å². The van der Waals surface area contributed by atoms with E-state index in [2.05, 4.69) is 146 Å². The van der Waals surface area contributed by atoms with Crippen LogP contribution in [0.2, 0.25) is 0 Å². The molecule has 0 amide bonds. The molecule has 0 spiro atoms. The minimum absolute atomic E-state index is 0.808. The number of hydrogen-bond acceptors (Lipinski definition) is 1. The Hall–Kier alpha value is -5.14. The van der Waals surface area contributed by atoms with Gasteiger partial charge in [0.15, 0.2) is 0 Å². The summed E-state index contributed by atoms with van der Waals surface area (Å²) in [5.74, 6) is 4.03. The van der Waals surface area contributed by atoms with E-state index in [1.165, 1.54) is 34.1 Å². The van der Waals surface area contributed by atoms with Crippen LogP contribution in [-0.4, -0.2) is 0 Å². The van der Waals surface area contributed by atoms with E-state index < -0.39 is 0 Å². The zero-order valence-electron chi connectivity index (χ0n) is 21.6. The number of hydrogen-bond donors (Lipinski definition) is 0. The van der Waals surface area contributed by atoms with Gasteiger partial charge < -0.3 is 4.74 Å². The standard InChI is InChI=1S/C38H28O/c1-5-13-29(14-6-1)37(30-15-7-2-8-16-30)33-21-25-35(26-22-33)39-36-27-23-34(24-28-36)38(31-17-9-3-10-18-31)32-19-11-4-12-20-32/h1-28H/q+2. The van der Waals surface area contributed by atoms with Crippen LogP contribution in [-0.2, 0) is 0 Å². The van der Waals surface area contributed by atoms with E-state index in [1.807, 2.05) is 24.3 Å². The van der Waals surface area contributed by atoms with Crippen molar-refractivity contribution in [2.24, 2.45) is 0 Å². The summed E-state index contributed by atoms with van der Waals surface area (Å²) in [6.07, 6.45) is 0. The molecule has 0 aliphatic heterocycles. The first kappa shape index (κ1) is 24.2. The molecule has 0 aliphatic rings. The van der Waals surface area contributed by atoms with Crippen LogP contribution in [0.1, 0.15) is 33.4 Å². The van der Waals surface area contributed by atoms with Crippen molar-refractivity contribution in [3.8, 4) is 11.5 Å². The predicted octanol–water partition coefficient (Wildman–Crippen LogP) is 9.52. The van der Waals surface area contributed by atoms with Crippen molar-refractivity contribution >= 4 is 0 Å². The zero-order chi connectivity index (χ0) is 26.3. The number of ether oxygens (including phenoxy) is 1. The Balaban J connectivity index is 1.24. The molecule has 6 aromatic rings. The average molecular weight is 501 g/mol. The van der Waals surface area contributed by atoms with Crippen molar-refractivity contribution in [2.75, 3.05) is 0 Å². The van der Waals surface area contributed by atoms with Crippen molar-refractivity contribution in [1.82, 2.24) is 0 Å². The van der Waals surface area contributed by atoms with Crippen LogP contribution < -0.4 is 4.74 Å². The Morgan fingerprint density at radius 1 is 0.256 bits per heavy atom. The first-order valence-electron chi connectivity index (χ1n) is 13.2. The zero-order valence-corrected chi connectivity index (χ0v) is 21.6. The van der Waals surface area contributed by atoms with Crippen LogP contribution in [0.4, 0.5) is 0 Å². The molecule has 0 atom stereocenters. The van der Waals surface area contributed by atoms with Gasteiger partial charge in [0.25, 0.3) is 0 Å². The van der Waals surface area contributed by atoms with Gasteiger partial charge in [-0.05, 0) is 121 Å². The first-order valence-corrected chi connectivity index (χ1v) is 13.2. The molecule has 0 saturated heterocycles. The van der Waals surface area contributed by atoms with Gasteiger partial charge in [-0.1, -0.05) is 24.3 Å². The molecule has 184 valence electrons. The summed E-state index contributed by atoms with van der Waals surface area (Å²) >= 11 is 0. The third-order valence-electron chi connectivity index (χ3n) is 6.77. The molecule has 0 heterocycles. The second-order valence-corrected chi connectivity index (χ2v) is 9.36. The molecule has 1 nitrogen and oxygen atoms in total. The second-order valence-electron chi connectivity index (χ2n) is 9.36. The van der Waals surface area contributed by atoms with Gasteiger partial charge in [0, 0.05) is 24.3 Å². The van der Waals surface area contributed by atoms with E-state index in [9.17, 15) is 0 Å². The summed E-state index contributed by atoms with van der Waals surface area (Å²) in [5, 5.41) is 0. The van der Waals surface area contributed by atoms with Crippen LogP contribution in [0.5, 0.6) is 11.5 Å². The highest BCUT2D eigenvalue weighted by atomic mass is 16.5. The summed E-state index contributed by atoms with van der Waals surface area (Å²) < 4.78 is 6.25. The molecular weight excluding hydrogens is 472 g/mol. The molecule has 0 aromatic heterocycles. The van der Waals surface area contributed by atoms with Crippen molar-refractivity contribution in [2.45, 2.75) is 0 Å². The van der Waals surface area contributed by atoms with Crippen LogP contribution in [0.25, 0.3) is 0 Å². The summed E-state index contributed by atoms with van der Waals surface area (Å²) in [5.41, 5.74) is 7.07. The van der Waals surface area contributed by atoms with E-state index in [-0.39, 0.29) is 0 Å². The van der Waals surface area contributed by atoms with Crippen LogP contribution in [0, 0.1) is 11.8 Å². The Kier molecular flexibility index (Phi) is 7.14. The molecule has 0 saturated carbocycles. The van der Waals surface area contributed by atoms with Gasteiger partial charge in [-0.2, -0.15) is 0 Å². The lowest BCUT2D eigenvalue weighted by Gasteiger charge is -2.14. The van der Waals surface area contributed by atoms with Crippen LogP contribution >= 0.6 is 0 Å². The van der Waals surface area contributed by atoms with Gasteiger partial charge in [0.05, 0.1) is 45.2 Å². The number of rotatable bonds is 8. The second kappa shape index (κ2) is 11.5. The first-order chi connectivity index (χ1) is 19.3. The Morgan fingerprint density at radius 3 is 0.744 bits per heavy atom. The van der Waals surface area contributed by atoms with Gasteiger partial charge in [-0.25, -0.2) is 0 Å². The van der Waals surface area contributed by atoms with Crippen LogP contribution in [0.3, 0.4) is 0 Å². The Labute approximate surface area is 231 Å².